The Kier molecular flexibility index (Phi) is 5.31. The van der Waals surface area contributed by atoms with Gasteiger partial charge < -0.3 is 5.73 Å². The van der Waals surface area contributed by atoms with Gasteiger partial charge in [0.15, 0.2) is 0 Å². The molecule has 2 saturated heterocycles. The van der Waals surface area contributed by atoms with Crippen LogP contribution in [-0.4, -0.2) is 73.3 Å². The molecule has 0 aromatic heterocycles. The first kappa shape index (κ1) is 17.1. The zero-order chi connectivity index (χ0) is 15.7. The maximum atomic E-state index is 12.7. The molecule has 0 aliphatic carbocycles. The maximum Gasteiger partial charge on any atom is 0.282 e. The van der Waals surface area contributed by atoms with E-state index >= 15 is 0 Å². The minimum absolute atomic E-state index is 0.0600. The Balaban J connectivity index is 1.97. The van der Waals surface area contributed by atoms with E-state index in [2.05, 4.69) is 25.7 Å². The van der Waals surface area contributed by atoms with Crippen molar-refractivity contribution < 1.29 is 8.42 Å². The van der Waals surface area contributed by atoms with E-state index in [-0.39, 0.29) is 5.54 Å². The lowest BCUT2D eigenvalue weighted by Gasteiger charge is -2.44. The summed E-state index contributed by atoms with van der Waals surface area (Å²) in [5.41, 5.74) is 5.75. The summed E-state index contributed by atoms with van der Waals surface area (Å²) >= 11 is 0. The third-order valence-corrected chi connectivity index (χ3v) is 6.87. The molecule has 124 valence electrons. The van der Waals surface area contributed by atoms with Crippen LogP contribution in [0, 0.1) is 5.92 Å². The van der Waals surface area contributed by atoms with Crippen LogP contribution in [-0.2, 0) is 10.2 Å². The van der Waals surface area contributed by atoms with Crippen molar-refractivity contribution in [2.45, 2.75) is 39.2 Å². The largest absolute Gasteiger partial charge is 0.329 e. The van der Waals surface area contributed by atoms with E-state index in [0.29, 0.717) is 38.6 Å². The molecule has 6 nitrogen and oxygen atoms in total. The van der Waals surface area contributed by atoms with Gasteiger partial charge in [-0.05, 0) is 32.6 Å². The van der Waals surface area contributed by atoms with Gasteiger partial charge in [0, 0.05) is 51.4 Å². The maximum absolute atomic E-state index is 12.7. The van der Waals surface area contributed by atoms with Crippen molar-refractivity contribution in [3.63, 3.8) is 0 Å². The fraction of sp³-hybridized carbons (Fsp3) is 1.00. The summed E-state index contributed by atoms with van der Waals surface area (Å²) in [7, 11) is -3.28. The second-order valence-electron chi connectivity index (χ2n) is 7.02. The highest BCUT2D eigenvalue weighted by molar-refractivity contribution is 7.86. The quantitative estimate of drug-likeness (QED) is 0.810. The topological polar surface area (TPSA) is 69.9 Å². The van der Waals surface area contributed by atoms with Crippen molar-refractivity contribution in [1.82, 2.24) is 13.5 Å². The van der Waals surface area contributed by atoms with Crippen LogP contribution in [0.15, 0.2) is 0 Å². The van der Waals surface area contributed by atoms with Crippen LogP contribution in [0.4, 0.5) is 0 Å². The lowest BCUT2D eigenvalue weighted by molar-refractivity contribution is 0.0819. The van der Waals surface area contributed by atoms with Crippen molar-refractivity contribution in [2.75, 3.05) is 45.8 Å². The Labute approximate surface area is 129 Å². The molecule has 2 fully saturated rings. The number of rotatable bonds is 4. The van der Waals surface area contributed by atoms with Crippen LogP contribution in [0.1, 0.15) is 33.6 Å². The Hall–Kier alpha value is -0.210. The van der Waals surface area contributed by atoms with Crippen molar-refractivity contribution >= 4 is 10.2 Å². The molecular weight excluding hydrogens is 288 g/mol. The van der Waals surface area contributed by atoms with Gasteiger partial charge in [-0.1, -0.05) is 6.92 Å². The van der Waals surface area contributed by atoms with Gasteiger partial charge in [-0.25, -0.2) is 0 Å². The van der Waals surface area contributed by atoms with E-state index in [9.17, 15) is 8.42 Å². The first-order valence-electron chi connectivity index (χ1n) is 7.98. The smallest absolute Gasteiger partial charge is 0.282 e. The summed E-state index contributed by atoms with van der Waals surface area (Å²) in [4.78, 5) is 2.29. The molecule has 2 aliphatic rings. The SMILES string of the molecule is CC1CCCN(S(=O)(=O)N2CCN(C(C)(C)CN)CC2)C1. The summed E-state index contributed by atoms with van der Waals surface area (Å²) in [6.07, 6.45) is 2.10. The van der Waals surface area contributed by atoms with Gasteiger partial charge in [0.25, 0.3) is 10.2 Å². The minimum Gasteiger partial charge on any atom is -0.329 e. The molecule has 1 atom stereocenters. The van der Waals surface area contributed by atoms with Crippen molar-refractivity contribution in [1.29, 1.82) is 0 Å². The average Bonchev–Trinajstić information content (AvgIpc) is 2.47. The Morgan fingerprint density at radius 2 is 1.71 bits per heavy atom. The molecule has 0 amide bonds. The lowest BCUT2D eigenvalue weighted by Crippen LogP contribution is -2.60. The van der Waals surface area contributed by atoms with Crippen LogP contribution in [0.25, 0.3) is 0 Å². The molecule has 0 bridgehead atoms. The molecule has 7 heteroatoms. The van der Waals surface area contributed by atoms with E-state index in [1.807, 2.05) is 0 Å². The number of nitrogens with two attached hydrogens (primary N) is 1. The van der Waals surface area contributed by atoms with Gasteiger partial charge in [0.05, 0.1) is 0 Å². The second kappa shape index (κ2) is 6.50. The van der Waals surface area contributed by atoms with E-state index in [1.165, 1.54) is 0 Å². The van der Waals surface area contributed by atoms with Crippen LogP contribution < -0.4 is 5.73 Å². The molecule has 2 aliphatic heterocycles. The molecule has 2 N–H and O–H groups in total. The highest BCUT2D eigenvalue weighted by Crippen LogP contribution is 2.23. The third-order valence-electron chi connectivity index (χ3n) is 4.87. The summed E-state index contributed by atoms with van der Waals surface area (Å²) in [5.74, 6) is 0.464. The predicted molar refractivity (Wildman–Crippen MR) is 85.2 cm³/mol. The van der Waals surface area contributed by atoms with Gasteiger partial charge in [0.1, 0.15) is 0 Å². The Morgan fingerprint density at radius 3 is 2.24 bits per heavy atom. The van der Waals surface area contributed by atoms with Crippen LogP contribution in [0.2, 0.25) is 0 Å². The first-order valence-corrected chi connectivity index (χ1v) is 9.37. The van der Waals surface area contributed by atoms with Gasteiger partial charge in [0.2, 0.25) is 0 Å². The highest BCUT2D eigenvalue weighted by Gasteiger charge is 2.36. The van der Waals surface area contributed by atoms with Crippen LogP contribution >= 0.6 is 0 Å². The number of piperidine rings is 1. The average molecular weight is 318 g/mol. The molecule has 0 aromatic carbocycles. The number of hydrogen-bond acceptors (Lipinski definition) is 4. The van der Waals surface area contributed by atoms with Crippen molar-refractivity contribution in [3.05, 3.63) is 0 Å². The zero-order valence-corrected chi connectivity index (χ0v) is 14.4. The summed E-state index contributed by atoms with van der Waals surface area (Å²) in [6.45, 7) is 10.9. The second-order valence-corrected chi connectivity index (χ2v) is 8.94. The Bertz CT molecular complexity index is 444. The van der Waals surface area contributed by atoms with E-state index in [4.69, 9.17) is 5.73 Å². The lowest BCUT2D eigenvalue weighted by atomic mass is 10.0. The molecule has 21 heavy (non-hydrogen) atoms. The van der Waals surface area contributed by atoms with Crippen molar-refractivity contribution in [3.8, 4) is 0 Å². The Morgan fingerprint density at radius 1 is 1.10 bits per heavy atom. The molecule has 0 aromatic rings. The molecule has 1 unspecified atom stereocenters. The zero-order valence-electron chi connectivity index (χ0n) is 13.6. The number of hydrogen-bond donors (Lipinski definition) is 1. The van der Waals surface area contributed by atoms with Gasteiger partial charge >= 0.3 is 0 Å². The monoisotopic (exact) mass is 318 g/mol. The van der Waals surface area contributed by atoms with Crippen molar-refractivity contribution in [2.24, 2.45) is 11.7 Å². The third kappa shape index (κ3) is 3.76. The van der Waals surface area contributed by atoms with Crippen LogP contribution in [0.5, 0.6) is 0 Å². The summed E-state index contributed by atoms with van der Waals surface area (Å²) in [6, 6.07) is 0. The van der Waals surface area contributed by atoms with Gasteiger partial charge in [-0.15, -0.1) is 0 Å². The molecule has 0 radical (unpaired) electrons. The predicted octanol–water partition coefficient (Wildman–Crippen LogP) is 0.318. The fourth-order valence-electron chi connectivity index (χ4n) is 3.17. The summed E-state index contributed by atoms with van der Waals surface area (Å²) in [5, 5.41) is 0. The molecule has 0 spiro atoms. The molecular formula is C14H30N4O2S. The minimum atomic E-state index is -3.28. The fourth-order valence-corrected chi connectivity index (χ4v) is 4.93. The number of nitrogens with zero attached hydrogens (tertiary/aromatic N) is 3. The molecule has 2 rings (SSSR count). The normalized spacial score (nSPS) is 27.9. The first-order chi connectivity index (χ1) is 9.77. The van der Waals surface area contributed by atoms with Gasteiger partial charge in [-0.2, -0.15) is 17.0 Å². The van der Waals surface area contributed by atoms with E-state index in [0.717, 1.165) is 25.9 Å². The highest BCUT2D eigenvalue weighted by atomic mass is 32.2. The van der Waals surface area contributed by atoms with E-state index in [1.54, 1.807) is 8.61 Å². The standard InChI is InChI=1S/C14H30N4O2S/c1-13-5-4-6-18(11-13)21(19,20)17-9-7-16(8-10-17)14(2,3)12-15/h13H,4-12,15H2,1-3H3. The number of piperazine rings is 1. The molecule has 2 heterocycles. The summed E-state index contributed by atoms with van der Waals surface area (Å²) < 4.78 is 28.8. The molecule has 0 saturated carbocycles. The van der Waals surface area contributed by atoms with Crippen LogP contribution in [0.3, 0.4) is 0 Å². The van der Waals surface area contributed by atoms with Gasteiger partial charge in [-0.3, -0.25) is 4.90 Å². The van der Waals surface area contributed by atoms with E-state index < -0.39 is 10.2 Å².